The van der Waals surface area contributed by atoms with Crippen LogP contribution < -0.4 is 5.32 Å². The van der Waals surface area contributed by atoms with Crippen molar-refractivity contribution in [1.29, 1.82) is 0 Å². The fourth-order valence-corrected chi connectivity index (χ4v) is 3.05. The van der Waals surface area contributed by atoms with Gasteiger partial charge in [0.25, 0.3) is 0 Å². The maximum Gasteiger partial charge on any atom is 0.0595 e. The Labute approximate surface area is 138 Å². The molecule has 1 N–H and O–H groups in total. The third-order valence-corrected chi connectivity index (χ3v) is 4.46. The number of hydrogen-bond acceptors (Lipinski definition) is 1. The van der Waals surface area contributed by atoms with Gasteiger partial charge in [-0.15, -0.1) is 0 Å². The molecule has 1 nitrogen and oxygen atoms in total. The predicted molar refractivity (Wildman–Crippen MR) is 90.9 cm³/mol. The van der Waals surface area contributed by atoms with E-state index in [0.29, 0.717) is 10.0 Å². The van der Waals surface area contributed by atoms with Crippen LogP contribution in [0.5, 0.6) is 0 Å². The van der Waals surface area contributed by atoms with E-state index in [1.165, 1.54) is 11.1 Å². The average Bonchev–Trinajstić information content (AvgIpc) is 2.40. The van der Waals surface area contributed by atoms with Crippen LogP contribution in [-0.2, 0) is 0 Å². The molecular weight excluding hydrogens is 357 g/mol. The predicted octanol–water partition coefficient (Wildman–Crippen LogP) is 5.76. The van der Waals surface area contributed by atoms with E-state index in [9.17, 15) is 0 Å². The van der Waals surface area contributed by atoms with Crippen molar-refractivity contribution < 1.29 is 0 Å². The molecular formula is C16H16BrCl2N. The van der Waals surface area contributed by atoms with E-state index in [1.807, 2.05) is 18.2 Å². The Morgan fingerprint density at radius 1 is 1.10 bits per heavy atom. The molecule has 0 bridgehead atoms. The molecule has 0 fully saturated rings. The third-order valence-electron chi connectivity index (χ3n) is 3.23. The summed E-state index contributed by atoms with van der Waals surface area (Å²) in [5.74, 6) is 0. The summed E-state index contributed by atoms with van der Waals surface area (Å²) >= 11 is 15.6. The normalized spacial score (nSPS) is 12.4. The fraction of sp³-hybridized carbons (Fsp3) is 0.250. The SMILES string of the molecule is CCNC(c1ccc(Cl)c(Cl)c1)c1ccc(Br)cc1C. The van der Waals surface area contributed by atoms with Gasteiger partial charge in [0.1, 0.15) is 0 Å². The van der Waals surface area contributed by atoms with Gasteiger partial charge in [0.2, 0.25) is 0 Å². The Morgan fingerprint density at radius 2 is 1.85 bits per heavy atom. The van der Waals surface area contributed by atoms with Gasteiger partial charge in [0, 0.05) is 4.47 Å². The number of rotatable bonds is 4. The lowest BCUT2D eigenvalue weighted by atomic mass is 9.95. The van der Waals surface area contributed by atoms with Gasteiger partial charge < -0.3 is 5.32 Å². The molecule has 2 rings (SSSR count). The van der Waals surface area contributed by atoms with E-state index in [1.54, 1.807) is 0 Å². The average molecular weight is 373 g/mol. The first kappa shape index (κ1) is 15.8. The van der Waals surface area contributed by atoms with Crippen LogP contribution in [0.2, 0.25) is 10.0 Å². The lowest BCUT2D eigenvalue weighted by Crippen LogP contribution is -2.22. The Bertz CT molecular complexity index is 613. The van der Waals surface area contributed by atoms with Crippen molar-refractivity contribution in [3.8, 4) is 0 Å². The Kier molecular flexibility index (Phi) is 5.50. The highest BCUT2D eigenvalue weighted by molar-refractivity contribution is 9.10. The molecule has 106 valence electrons. The van der Waals surface area contributed by atoms with Gasteiger partial charge in [0.15, 0.2) is 0 Å². The molecule has 0 spiro atoms. The van der Waals surface area contributed by atoms with E-state index in [-0.39, 0.29) is 6.04 Å². The molecule has 0 aliphatic carbocycles. The molecule has 0 radical (unpaired) electrons. The third kappa shape index (κ3) is 3.56. The maximum absolute atomic E-state index is 6.14. The van der Waals surface area contributed by atoms with E-state index in [0.717, 1.165) is 16.6 Å². The van der Waals surface area contributed by atoms with Crippen LogP contribution in [0.15, 0.2) is 40.9 Å². The Hall–Kier alpha value is -0.540. The second-order valence-corrected chi connectivity index (χ2v) is 6.40. The van der Waals surface area contributed by atoms with Crippen molar-refractivity contribution in [2.24, 2.45) is 0 Å². The highest BCUT2D eigenvalue weighted by Crippen LogP contribution is 2.31. The second-order valence-electron chi connectivity index (χ2n) is 4.67. The molecule has 2 aromatic carbocycles. The molecule has 0 saturated carbocycles. The quantitative estimate of drug-likeness (QED) is 0.718. The van der Waals surface area contributed by atoms with Gasteiger partial charge in [-0.25, -0.2) is 0 Å². The van der Waals surface area contributed by atoms with Crippen molar-refractivity contribution in [3.05, 3.63) is 67.6 Å². The van der Waals surface area contributed by atoms with Gasteiger partial charge in [-0.05, 0) is 54.4 Å². The lowest BCUT2D eigenvalue weighted by molar-refractivity contribution is 0.627. The first-order valence-corrected chi connectivity index (χ1v) is 8.02. The highest BCUT2D eigenvalue weighted by Gasteiger charge is 2.16. The minimum absolute atomic E-state index is 0.114. The molecule has 0 aliphatic rings. The van der Waals surface area contributed by atoms with E-state index in [4.69, 9.17) is 23.2 Å². The second kappa shape index (κ2) is 6.95. The summed E-state index contributed by atoms with van der Waals surface area (Å²) in [5.41, 5.74) is 3.59. The van der Waals surface area contributed by atoms with Crippen molar-refractivity contribution in [1.82, 2.24) is 5.32 Å². The summed E-state index contributed by atoms with van der Waals surface area (Å²) in [4.78, 5) is 0. The van der Waals surface area contributed by atoms with Gasteiger partial charge in [0.05, 0.1) is 16.1 Å². The highest BCUT2D eigenvalue weighted by atomic mass is 79.9. The summed E-state index contributed by atoms with van der Waals surface area (Å²) in [6.07, 6.45) is 0. The topological polar surface area (TPSA) is 12.0 Å². The standard InChI is InChI=1S/C16H16BrCl2N/c1-3-20-16(11-4-7-14(18)15(19)9-11)13-6-5-12(17)8-10(13)2/h4-9,16,20H,3H2,1-2H3. The van der Waals surface area contributed by atoms with Crippen molar-refractivity contribution in [2.45, 2.75) is 19.9 Å². The summed E-state index contributed by atoms with van der Waals surface area (Å²) in [6.45, 7) is 5.08. The minimum Gasteiger partial charge on any atom is -0.307 e. The van der Waals surface area contributed by atoms with Crippen LogP contribution >= 0.6 is 39.1 Å². The summed E-state index contributed by atoms with van der Waals surface area (Å²) in [6, 6.07) is 12.2. The van der Waals surface area contributed by atoms with Crippen LogP contribution in [0.25, 0.3) is 0 Å². The van der Waals surface area contributed by atoms with Crippen LogP contribution in [0.4, 0.5) is 0 Å². The van der Waals surface area contributed by atoms with E-state index in [2.05, 4.69) is 53.3 Å². The zero-order chi connectivity index (χ0) is 14.7. The van der Waals surface area contributed by atoms with Crippen molar-refractivity contribution in [3.63, 3.8) is 0 Å². The smallest absolute Gasteiger partial charge is 0.0595 e. The monoisotopic (exact) mass is 371 g/mol. The summed E-state index contributed by atoms with van der Waals surface area (Å²) in [7, 11) is 0. The first-order valence-electron chi connectivity index (χ1n) is 6.47. The van der Waals surface area contributed by atoms with Crippen LogP contribution in [0.1, 0.15) is 29.7 Å². The molecule has 0 heterocycles. The summed E-state index contributed by atoms with van der Waals surface area (Å²) in [5, 5.41) is 4.67. The molecule has 1 unspecified atom stereocenters. The number of benzene rings is 2. The van der Waals surface area contributed by atoms with Crippen molar-refractivity contribution in [2.75, 3.05) is 6.54 Å². The molecule has 1 atom stereocenters. The molecule has 0 aromatic heterocycles. The zero-order valence-electron chi connectivity index (χ0n) is 11.4. The summed E-state index contributed by atoms with van der Waals surface area (Å²) < 4.78 is 1.09. The minimum atomic E-state index is 0.114. The molecule has 0 aliphatic heterocycles. The van der Waals surface area contributed by atoms with Gasteiger partial charge >= 0.3 is 0 Å². The van der Waals surface area contributed by atoms with Gasteiger partial charge in [-0.1, -0.05) is 58.2 Å². The molecule has 4 heteroatoms. The number of halogens is 3. The van der Waals surface area contributed by atoms with Gasteiger partial charge in [-0.3, -0.25) is 0 Å². The first-order chi connectivity index (χ1) is 9.52. The fourth-order valence-electron chi connectivity index (χ4n) is 2.27. The molecule has 2 aromatic rings. The largest absolute Gasteiger partial charge is 0.307 e. The number of nitrogens with one attached hydrogen (secondary N) is 1. The molecule has 20 heavy (non-hydrogen) atoms. The van der Waals surface area contributed by atoms with Crippen LogP contribution in [0, 0.1) is 6.92 Å². The van der Waals surface area contributed by atoms with E-state index >= 15 is 0 Å². The van der Waals surface area contributed by atoms with E-state index < -0.39 is 0 Å². The Morgan fingerprint density at radius 3 is 2.45 bits per heavy atom. The molecule has 0 amide bonds. The van der Waals surface area contributed by atoms with Crippen LogP contribution in [0.3, 0.4) is 0 Å². The Balaban J connectivity index is 2.47. The zero-order valence-corrected chi connectivity index (χ0v) is 14.5. The molecule has 0 saturated heterocycles. The number of aryl methyl sites for hydroxylation is 1. The maximum atomic E-state index is 6.14. The van der Waals surface area contributed by atoms with Gasteiger partial charge in [-0.2, -0.15) is 0 Å². The number of hydrogen-bond donors (Lipinski definition) is 1. The van der Waals surface area contributed by atoms with Crippen LogP contribution in [-0.4, -0.2) is 6.54 Å². The lowest BCUT2D eigenvalue weighted by Gasteiger charge is -2.21. The van der Waals surface area contributed by atoms with Crippen molar-refractivity contribution >= 4 is 39.1 Å².